The third-order valence-electron chi connectivity index (χ3n) is 2.10. The van der Waals surface area contributed by atoms with Crippen LogP contribution in [0.4, 0.5) is 0 Å². The number of hydrogen-bond donors (Lipinski definition) is 2. The highest BCUT2D eigenvalue weighted by atomic mass is 16.5. The first kappa shape index (κ1) is 12.2. The van der Waals surface area contributed by atoms with Gasteiger partial charge in [0, 0.05) is 0 Å². The molecule has 0 aromatic heterocycles. The minimum absolute atomic E-state index is 0.289. The van der Waals surface area contributed by atoms with Crippen LogP contribution in [0.2, 0.25) is 0 Å². The van der Waals surface area contributed by atoms with E-state index in [-0.39, 0.29) is 5.56 Å². The van der Waals surface area contributed by atoms with Gasteiger partial charge in [-0.15, -0.1) is 0 Å². The van der Waals surface area contributed by atoms with Crippen LogP contribution < -0.4 is 0 Å². The molecule has 2 atom stereocenters. The molecule has 0 heterocycles. The number of nitrogens with zero attached hydrogens (tertiary/aromatic N) is 1. The Morgan fingerprint density at radius 1 is 1.50 bits per heavy atom. The number of carbonyl (C=O) groups is 1. The van der Waals surface area contributed by atoms with Crippen LogP contribution in [0.5, 0.6) is 0 Å². The molecule has 1 aromatic carbocycles. The molecule has 0 amide bonds. The van der Waals surface area contributed by atoms with E-state index >= 15 is 0 Å². The van der Waals surface area contributed by atoms with E-state index in [0.29, 0.717) is 5.56 Å². The van der Waals surface area contributed by atoms with Gasteiger partial charge in [0.15, 0.2) is 6.10 Å². The van der Waals surface area contributed by atoms with E-state index in [0.717, 1.165) is 7.11 Å². The number of ether oxygens (including phenoxy) is 1. The zero-order chi connectivity index (χ0) is 12.1. The molecular weight excluding hydrogens is 210 g/mol. The predicted octanol–water partition coefficient (Wildman–Crippen LogP) is 0.126. The van der Waals surface area contributed by atoms with E-state index in [2.05, 4.69) is 4.74 Å². The molecule has 0 saturated carbocycles. The lowest BCUT2D eigenvalue weighted by Crippen LogP contribution is -2.29. The first-order valence-electron chi connectivity index (χ1n) is 4.54. The topological polar surface area (TPSA) is 90.6 Å². The summed E-state index contributed by atoms with van der Waals surface area (Å²) >= 11 is 0. The van der Waals surface area contributed by atoms with Gasteiger partial charge in [0.05, 0.1) is 18.7 Å². The normalized spacial score (nSPS) is 13.6. The summed E-state index contributed by atoms with van der Waals surface area (Å²) in [5.74, 6) is -0.921. The maximum Gasteiger partial charge on any atom is 0.337 e. The van der Waals surface area contributed by atoms with E-state index in [4.69, 9.17) is 5.26 Å². The van der Waals surface area contributed by atoms with Crippen LogP contribution in [-0.2, 0) is 9.53 Å². The molecule has 0 bridgehead atoms. The molecule has 0 saturated heterocycles. The number of aliphatic hydroxyl groups is 2. The Labute approximate surface area is 92.5 Å². The van der Waals surface area contributed by atoms with Gasteiger partial charge < -0.3 is 14.9 Å². The van der Waals surface area contributed by atoms with Crippen LogP contribution in [-0.4, -0.2) is 29.4 Å². The SMILES string of the molecule is COC(=O)C(O)C(O)c1cccc(C#N)c1. The monoisotopic (exact) mass is 221 g/mol. The summed E-state index contributed by atoms with van der Waals surface area (Å²) in [4.78, 5) is 11.0. The van der Waals surface area contributed by atoms with Crippen molar-refractivity contribution < 1.29 is 19.7 Å². The average Bonchev–Trinajstić information content (AvgIpc) is 2.36. The summed E-state index contributed by atoms with van der Waals surface area (Å²) in [6.45, 7) is 0. The molecule has 5 heteroatoms. The van der Waals surface area contributed by atoms with Crippen molar-refractivity contribution >= 4 is 5.97 Å². The van der Waals surface area contributed by atoms with Gasteiger partial charge in [0.25, 0.3) is 0 Å². The number of benzene rings is 1. The number of nitriles is 1. The van der Waals surface area contributed by atoms with Gasteiger partial charge in [0.1, 0.15) is 6.10 Å². The fourth-order valence-electron chi connectivity index (χ4n) is 1.22. The van der Waals surface area contributed by atoms with E-state index in [1.165, 1.54) is 12.1 Å². The molecule has 1 rings (SSSR count). The molecular formula is C11H11NO4. The van der Waals surface area contributed by atoms with Crippen molar-refractivity contribution in [3.63, 3.8) is 0 Å². The number of esters is 1. The van der Waals surface area contributed by atoms with Crippen molar-refractivity contribution in [2.24, 2.45) is 0 Å². The van der Waals surface area contributed by atoms with Gasteiger partial charge >= 0.3 is 5.97 Å². The minimum Gasteiger partial charge on any atom is -0.467 e. The largest absolute Gasteiger partial charge is 0.467 e. The van der Waals surface area contributed by atoms with Gasteiger partial charge in [-0.05, 0) is 17.7 Å². The number of carbonyl (C=O) groups excluding carboxylic acids is 1. The fourth-order valence-corrected chi connectivity index (χ4v) is 1.22. The van der Waals surface area contributed by atoms with Crippen molar-refractivity contribution in [3.05, 3.63) is 35.4 Å². The molecule has 2 unspecified atom stereocenters. The lowest BCUT2D eigenvalue weighted by molar-refractivity contribution is -0.156. The third kappa shape index (κ3) is 2.57. The van der Waals surface area contributed by atoms with Gasteiger partial charge in [-0.1, -0.05) is 12.1 Å². The number of hydrogen-bond acceptors (Lipinski definition) is 5. The Kier molecular flexibility index (Phi) is 4.00. The van der Waals surface area contributed by atoms with Gasteiger partial charge in [-0.2, -0.15) is 5.26 Å². The summed E-state index contributed by atoms with van der Waals surface area (Å²) in [6, 6.07) is 7.92. The summed E-state index contributed by atoms with van der Waals surface area (Å²) in [6.07, 6.45) is -3.06. The van der Waals surface area contributed by atoms with Crippen molar-refractivity contribution in [1.82, 2.24) is 0 Å². The third-order valence-corrected chi connectivity index (χ3v) is 2.10. The van der Waals surface area contributed by atoms with Crippen molar-refractivity contribution in [2.45, 2.75) is 12.2 Å². The summed E-state index contributed by atoms with van der Waals surface area (Å²) < 4.78 is 4.30. The molecule has 0 aliphatic rings. The Morgan fingerprint density at radius 2 is 2.19 bits per heavy atom. The van der Waals surface area contributed by atoms with Crippen molar-refractivity contribution in [2.75, 3.05) is 7.11 Å². The molecule has 0 aliphatic carbocycles. The second-order valence-electron chi connectivity index (χ2n) is 3.15. The molecule has 2 N–H and O–H groups in total. The Balaban J connectivity index is 2.92. The molecule has 84 valence electrons. The molecule has 0 spiro atoms. The average molecular weight is 221 g/mol. The van der Waals surface area contributed by atoms with Gasteiger partial charge in [0.2, 0.25) is 0 Å². The van der Waals surface area contributed by atoms with Crippen LogP contribution in [0.15, 0.2) is 24.3 Å². The van der Waals surface area contributed by atoms with Crippen LogP contribution in [0, 0.1) is 11.3 Å². The van der Waals surface area contributed by atoms with E-state index < -0.39 is 18.2 Å². The standard InChI is InChI=1S/C11H11NO4/c1-16-11(15)10(14)9(13)8-4-2-3-7(5-8)6-12/h2-5,9-10,13-14H,1H3. The number of aliphatic hydroxyl groups excluding tert-OH is 2. The highest BCUT2D eigenvalue weighted by Crippen LogP contribution is 2.18. The summed E-state index contributed by atoms with van der Waals surface area (Å²) in [5.41, 5.74) is 0.630. The maximum atomic E-state index is 11.0. The second-order valence-corrected chi connectivity index (χ2v) is 3.15. The smallest absolute Gasteiger partial charge is 0.337 e. The predicted molar refractivity (Wildman–Crippen MR) is 54.1 cm³/mol. The molecule has 0 aliphatic heterocycles. The van der Waals surface area contributed by atoms with Gasteiger partial charge in [-0.25, -0.2) is 4.79 Å². The zero-order valence-corrected chi connectivity index (χ0v) is 8.62. The Morgan fingerprint density at radius 3 is 2.75 bits per heavy atom. The first-order valence-corrected chi connectivity index (χ1v) is 4.54. The van der Waals surface area contributed by atoms with Gasteiger partial charge in [-0.3, -0.25) is 0 Å². The minimum atomic E-state index is -1.65. The van der Waals surface area contributed by atoms with Crippen molar-refractivity contribution in [3.8, 4) is 6.07 Å². The highest BCUT2D eigenvalue weighted by molar-refractivity contribution is 5.75. The number of rotatable bonds is 3. The summed E-state index contributed by atoms with van der Waals surface area (Å²) in [5, 5.41) is 27.7. The molecule has 16 heavy (non-hydrogen) atoms. The molecule has 0 radical (unpaired) electrons. The number of methoxy groups -OCH3 is 1. The first-order chi connectivity index (χ1) is 7.60. The lowest BCUT2D eigenvalue weighted by Gasteiger charge is -2.15. The maximum absolute atomic E-state index is 11.0. The molecule has 1 aromatic rings. The summed E-state index contributed by atoms with van der Waals surface area (Å²) in [7, 11) is 1.12. The van der Waals surface area contributed by atoms with Crippen LogP contribution in [0.1, 0.15) is 17.2 Å². The lowest BCUT2D eigenvalue weighted by atomic mass is 10.0. The second kappa shape index (κ2) is 5.26. The Hall–Kier alpha value is -1.90. The van der Waals surface area contributed by atoms with Crippen LogP contribution in [0.3, 0.4) is 0 Å². The highest BCUT2D eigenvalue weighted by Gasteiger charge is 2.26. The Bertz CT molecular complexity index is 424. The quantitative estimate of drug-likeness (QED) is 0.708. The van der Waals surface area contributed by atoms with E-state index in [9.17, 15) is 15.0 Å². The van der Waals surface area contributed by atoms with Crippen molar-refractivity contribution in [1.29, 1.82) is 5.26 Å². The van der Waals surface area contributed by atoms with Crippen LogP contribution >= 0.6 is 0 Å². The zero-order valence-electron chi connectivity index (χ0n) is 8.62. The fraction of sp³-hybridized carbons (Fsp3) is 0.273. The molecule has 0 fully saturated rings. The molecule has 5 nitrogen and oxygen atoms in total. The van der Waals surface area contributed by atoms with Crippen LogP contribution in [0.25, 0.3) is 0 Å². The van der Waals surface area contributed by atoms with E-state index in [1.807, 2.05) is 6.07 Å². The van der Waals surface area contributed by atoms with E-state index in [1.54, 1.807) is 12.1 Å².